The molecule has 0 saturated heterocycles. The largest absolute Gasteiger partial charge is 0.0931 e. The van der Waals surface area contributed by atoms with E-state index in [1.54, 1.807) is 11.8 Å². The highest BCUT2D eigenvalue weighted by Gasteiger charge is 1.93. The lowest BCUT2D eigenvalue weighted by molar-refractivity contribution is 1.41. The number of benzene rings is 2. The Morgan fingerprint density at radius 3 is 1.44 bits per heavy atom. The van der Waals surface area contributed by atoms with Crippen molar-refractivity contribution < 1.29 is 0 Å². The standard InChI is InChI=1S/C12H10S.C2H5Br/c1-3-7-11(8-4-1)13-12-9-5-2-6-10-12;1-2-3/h1-10H;2H2,1H3. The second kappa shape index (κ2) is 8.43. The lowest BCUT2D eigenvalue weighted by Gasteiger charge is -1.99. The Labute approximate surface area is 110 Å². The van der Waals surface area contributed by atoms with Gasteiger partial charge in [0.1, 0.15) is 0 Å². The Morgan fingerprint density at radius 1 is 0.812 bits per heavy atom. The van der Waals surface area contributed by atoms with Gasteiger partial charge in [0.2, 0.25) is 0 Å². The van der Waals surface area contributed by atoms with Crippen LogP contribution in [0.2, 0.25) is 0 Å². The Bertz CT molecular complexity index is 335. The summed E-state index contributed by atoms with van der Waals surface area (Å²) in [5.41, 5.74) is 0. The van der Waals surface area contributed by atoms with E-state index in [9.17, 15) is 0 Å². The maximum atomic E-state index is 3.15. The maximum absolute atomic E-state index is 3.15. The SMILES string of the molecule is CCBr.c1ccc(Sc2ccccc2)cc1. The van der Waals surface area contributed by atoms with Gasteiger partial charge < -0.3 is 0 Å². The van der Waals surface area contributed by atoms with Gasteiger partial charge in [-0.15, -0.1) is 0 Å². The second-order valence-corrected chi connectivity index (χ2v) is 5.26. The Hall–Kier alpha value is -0.730. The molecule has 84 valence electrons. The molecular weight excluding hydrogens is 280 g/mol. The quantitative estimate of drug-likeness (QED) is 0.683. The molecule has 0 aliphatic heterocycles. The van der Waals surface area contributed by atoms with Crippen molar-refractivity contribution in [2.45, 2.75) is 16.7 Å². The summed E-state index contributed by atoms with van der Waals surface area (Å²) in [7, 11) is 0. The Balaban J connectivity index is 0.000000386. The Morgan fingerprint density at radius 2 is 1.12 bits per heavy atom. The van der Waals surface area contributed by atoms with Crippen molar-refractivity contribution >= 4 is 27.7 Å². The topological polar surface area (TPSA) is 0 Å². The predicted octanol–water partition coefficient (Wildman–Crippen LogP) is 5.24. The predicted molar refractivity (Wildman–Crippen MR) is 76.5 cm³/mol. The van der Waals surface area contributed by atoms with E-state index < -0.39 is 0 Å². The van der Waals surface area contributed by atoms with Gasteiger partial charge in [-0.2, -0.15) is 0 Å². The molecule has 0 saturated carbocycles. The summed E-state index contributed by atoms with van der Waals surface area (Å²) in [6, 6.07) is 20.8. The van der Waals surface area contributed by atoms with Gasteiger partial charge in [-0.1, -0.05) is 71.0 Å². The Kier molecular flexibility index (Phi) is 7.02. The number of rotatable bonds is 2. The molecule has 0 unspecified atom stereocenters. The second-order valence-electron chi connectivity index (χ2n) is 3.00. The first-order chi connectivity index (χ1) is 7.86. The van der Waals surface area contributed by atoms with Crippen molar-refractivity contribution in [1.29, 1.82) is 0 Å². The average Bonchev–Trinajstić information content (AvgIpc) is 2.33. The van der Waals surface area contributed by atoms with E-state index >= 15 is 0 Å². The fraction of sp³-hybridized carbons (Fsp3) is 0.143. The van der Waals surface area contributed by atoms with Crippen molar-refractivity contribution in [2.75, 3.05) is 5.33 Å². The number of hydrogen-bond donors (Lipinski definition) is 0. The fourth-order valence-electron chi connectivity index (χ4n) is 1.11. The molecule has 0 spiro atoms. The summed E-state index contributed by atoms with van der Waals surface area (Å²) < 4.78 is 0. The van der Waals surface area contributed by atoms with Gasteiger partial charge in [-0.3, -0.25) is 0 Å². The van der Waals surface area contributed by atoms with Crippen LogP contribution in [-0.4, -0.2) is 5.33 Å². The fourth-order valence-corrected chi connectivity index (χ4v) is 1.97. The van der Waals surface area contributed by atoms with Crippen molar-refractivity contribution in [2.24, 2.45) is 0 Å². The molecular formula is C14H15BrS. The van der Waals surface area contributed by atoms with E-state index in [4.69, 9.17) is 0 Å². The molecule has 0 nitrogen and oxygen atoms in total. The molecule has 0 aromatic heterocycles. The number of halogens is 1. The highest BCUT2D eigenvalue weighted by Crippen LogP contribution is 2.26. The van der Waals surface area contributed by atoms with Gasteiger partial charge in [-0.25, -0.2) is 0 Å². The molecule has 0 bridgehead atoms. The van der Waals surface area contributed by atoms with E-state index in [1.165, 1.54) is 9.79 Å². The molecule has 0 N–H and O–H groups in total. The molecule has 2 aromatic carbocycles. The third kappa shape index (κ3) is 5.38. The van der Waals surface area contributed by atoms with Gasteiger partial charge in [0.15, 0.2) is 0 Å². The first kappa shape index (κ1) is 13.3. The number of hydrogen-bond acceptors (Lipinski definition) is 1. The minimum Gasteiger partial charge on any atom is -0.0931 e. The molecule has 2 heteroatoms. The summed E-state index contributed by atoms with van der Waals surface area (Å²) in [6.45, 7) is 2.04. The van der Waals surface area contributed by atoms with E-state index in [0.29, 0.717) is 0 Å². The summed E-state index contributed by atoms with van der Waals surface area (Å²) in [5.74, 6) is 0. The lowest BCUT2D eigenvalue weighted by Crippen LogP contribution is -1.70. The van der Waals surface area contributed by atoms with Crippen LogP contribution in [-0.2, 0) is 0 Å². The van der Waals surface area contributed by atoms with Crippen LogP contribution in [0.3, 0.4) is 0 Å². The first-order valence-corrected chi connectivity index (χ1v) is 7.14. The molecule has 0 atom stereocenters. The maximum Gasteiger partial charge on any atom is 0.0122 e. The van der Waals surface area contributed by atoms with Gasteiger partial charge in [0.25, 0.3) is 0 Å². The zero-order chi connectivity index (χ0) is 11.6. The molecule has 0 radical (unpaired) electrons. The summed E-state index contributed by atoms with van der Waals surface area (Å²) >= 11 is 4.93. The van der Waals surface area contributed by atoms with Crippen molar-refractivity contribution in [3.8, 4) is 0 Å². The molecule has 16 heavy (non-hydrogen) atoms. The third-order valence-electron chi connectivity index (χ3n) is 1.72. The minimum absolute atomic E-state index is 1.06. The van der Waals surface area contributed by atoms with E-state index in [0.717, 1.165) is 5.33 Å². The van der Waals surface area contributed by atoms with Gasteiger partial charge >= 0.3 is 0 Å². The zero-order valence-electron chi connectivity index (χ0n) is 9.27. The first-order valence-electron chi connectivity index (χ1n) is 5.20. The van der Waals surface area contributed by atoms with Crippen LogP contribution < -0.4 is 0 Å². The normalized spacial score (nSPS) is 9.12. The minimum atomic E-state index is 1.06. The van der Waals surface area contributed by atoms with Crippen LogP contribution >= 0.6 is 27.7 Å². The van der Waals surface area contributed by atoms with Crippen molar-refractivity contribution in [3.63, 3.8) is 0 Å². The van der Waals surface area contributed by atoms with Crippen molar-refractivity contribution in [3.05, 3.63) is 60.7 Å². The molecule has 0 heterocycles. The van der Waals surface area contributed by atoms with Crippen LogP contribution in [0.5, 0.6) is 0 Å². The number of alkyl halides is 1. The van der Waals surface area contributed by atoms with Crippen LogP contribution in [0.15, 0.2) is 70.5 Å². The van der Waals surface area contributed by atoms with Crippen LogP contribution in [0, 0.1) is 0 Å². The highest BCUT2D eigenvalue weighted by molar-refractivity contribution is 9.09. The van der Waals surface area contributed by atoms with Gasteiger partial charge in [0, 0.05) is 15.1 Å². The summed E-state index contributed by atoms with van der Waals surface area (Å²) in [6.07, 6.45) is 0. The molecule has 0 aliphatic rings. The van der Waals surface area contributed by atoms with Crippen LogP contribution in [0.4, 0.5) is 0 Å². The molecule has 2 rings (SSSR count). The van der Waals surface area contributed by atoms with Gasteiger partial charge in [0.05, 0.1) is 0 Å². The third-order valence-corrected chi connectivity index (χ3v) is 2.74. The van der Waals surface area contributed by atoms with Crippen molar-refractivity contribution in [1.82, 2.24) is 0 Å². The van der Waals surface area contributed by atoms with Gasteiger partial charge in [-0.05, 0) is 24.3 Å². The monoisotopic (exact) mass is 294 g/mol. The lowest BCUT2D eigenvalue weighted by atomic mass is 10.4. The highest BCUT2D eigenvalue weighted by atomic mass is 79.9. The van der Waals surface area contributed by atoms with Crippen LogP contribution in [0.25, 0.3) is 0 Å². The molecule has 0 amide bonds. The van der Waals surface area contributed by atoms with E-state index in [-0.39, 0.29) is 0 Å². The smallest absolute Gasteiger partial charge is 0.0122 e. The molecule has 0 aliphatic carbocycles. The molecule has 2 aromatic rings. The summed E-state index contributed by atoms with van der Waals surface area (Å²) in [4.78, 5) is 2.57. The molecule has 0 fully saturated rings. The van der Waals surface area contributed by atoms with E-state index in [2.05, 4.69) is 64.5 Å². The van der Waals surface area contributed by atoms with Crippen LogP contribution in [0.1, 0.15) is 6.92 Å². The average molecular weight is 295 g/mol. The zero-order valence-corrected chi connectivity index (χ0v) is 11.7. The van der Waals surface area contributed by atoms with E-state index in [1.807, 2.05) is 19.1 Å². The summed E-state index contributed by atoms with van der Waals surface area (Å²) in [5, 5.41) is 1.06.